The van der Waals surface area contributed by atoms with Gasteiger partial charge in [-0.1, -0.05) is 18.2 Å². The van der Waals surface area contributed by atoms with Crippen molar-refractivity contribution >= 4 is 50.0 Å². The molecule has 4 rings (SSSR count). The Bertz CT molecular complexity index is 1420. The number of aromatic amines is 1. The first kappa shape index (κ1) is 22.7. The van der Waals surface area contributed by atoms with Crippen LogP contribution in [0.1, 0.15) is 10.4 Å². The number of benzene rings is 3. The van der Waals surface area contributed by atoms with E-state index in [1.807, 2.05) is 0 Å². The third-order valence-corrected chi connectivity index (χ3v) is 7.02. The highest BCUT2D eigenvalue weighted by molar-refractivity contribution is 14.1. The number of hydrogen-bond acceptors (Lipinski definition) is 6. The van der Waals surface area contributed by atoms with Crippen LogP contribution in [0.15, 0.2) is 82.8 Å². The number of H-pyrrole nitrogens is 1. The highest BCUT2D eigenvalue weighted by Crippen LogP contribution is 2.28. The summed E-state index contributed by atoms with van der Waals surface area (Å²) in [5.74, 6) is -0.766. The third-order valence-electron chi connectivity index (χ3n) is 4.84. The minimum Gasteiger partial charge on any atom is -0.397 e. The average Bonchev–Trinajstić information content (AvgIpc) is 3.31. The van der Waals surface area contributed by atoms with Gasteiger partial charge in [0.2, 0.25) is 0 Å². The van der Waals surface area contributed by atoms with Gasteiger partial charge in [0.05, 0.1) is 22.5 Å². The van der Waals surface area contributed by atoms with Gasteiger partial charge in [-0.25, -0.2) is 18.4 Å². The molecule has 1 unspecified atom stereocenters. The van der Waals surface area contributed by atoms with Crippen LogP contribution in [0.2, 0.25) is 0 Å². The number of anilines is 2. The molecule has 0 saturated heterocycles. The second-order valence-electron chi connectivity index (χ2n) is 6.97. The molecule has 1 atom stereocenters. The van der Waals surface area contributed by atoms with E-state index in [2.05, 4.69) is 15.3 Å². The summed E-state index contributed by atoms with van der Waals surface area (Å²) in [6, 6.07) is 17.1. The van der Waals surface area contributed by atoms with Crippen LogP contribution < -0.4 is 14.1 Å². The van der Waals surface area contributed by atoms with Gasteiger partial charge in [-0.2, -0.15) is 0 Å². The van der Waals surface area contributed by atoms with Crippen molar-refractivity contribution in [2.24, 2.45) is 0 Å². The van der Waals surface area contributed by atoms with Crippen molar-refractivity contribution in [3.63, 3.8) is 0 Å². The summed E-state index contributed by atoms with van der Waals surface area (Å²) in [6.07, 6.45) is 1.28. The standard InChI is InChI=1S/C22H17FIN5O3S/c23-16-6-1-13(2-7-16)15-5-10-18(25)19(11-15)28-21(30)14-3-8-17(9-4-14)33(26,31)20-12-27-22(29-20)32-24/h1-12,26H,25H2,(H,27,29)(H,28,30). The number of hydrogen-bond donors (Lipinski definition) is 4. The highest BCUT2D eigenvalue weighted by atomic mass is 127. The van der Waals surface area contributed by atoms with Crippen molar-refractivity contribution in [1.82, 2.24) is 9.97 Å². The van der Waals surface area contributed by atoms with E-state index in [1.165, 1.54) is 42.6 Å². The zero-order valence-corrected chi connectivity index (χ0v) is 19.8. The monoisotopic (exact) mass is 577 g/mol. The number of imidazole rings is 1. The fraction of sp³-hybridized carbons (Fsp3) is 0. The van der Waals surface area contributed by atoms with E-state index < -0.39 is 15.6 Å². The van der Waals surface area contributed by atoms with Crippen molar-refractivity contribution in [2.75, 3.05) is 11.1 Å². The molecule has 0 aliphatic rings. The number of nitrogens with zero attached hydrogens (tertiary/aromatic N) is 1. The molecule has 0 radical (unpaired) electrons. The zero-order valence-electron chi connectivity index (χ0n) is 16.8. The van der Waals surface area contributed by atoms with Gasteiger partial charge in [0, 0.05) is 5.56 Å². The minimum atomic E-state index is -3.36. The molecule has 5 N–H and O–H groups in total. The molecule has 0 saturated carbocycles. The lowest BCUT2D eigenvalue weighted by Gasteiger charge is -2.11. The minimum absolute atomic E-state index is 0.0942. The van der Waals surface area contributed by atoms with Gasteiger partial charge in [0.1, 0.15) is 20.6 Å². The number of nitrogen functional groups attached to an aromatic ring is 1. The van der Waals surface area contributed by atoms with Gasteiger partial charge >= 0.3 is 6.01 Å². The van der Waals surface area contributed by atoms with E-state index in [9.17, 15) is 13.4 Å². The van der Waals surface area contributed by atoms with Crippen molar-refractivity contribution in [3.8, 4) is 17.1 Å². The molecule has 0 aliphatic heterocycles. The van der Waals surface area contributed by atoms with Crippen molar-refractivity contribution in [1.29, 1.82) is 4.78 Å². The molecule has 33 heavy (non-hydrogen) atoms. The summed E-state index contributed by atoms with van der Waals surface area (Å²) in [7, 11) is -3.36. The summed E-state index contributed by atoms with van der Waals surface area (Å²) in [5, 5.41) is 2.85. The number of nitrogens with two attached hydrogens (primary N) is 1. The van der Waals surface area contributed by atoms with Crippen molar-refractivity contribution in [2.45, 2.75) is 9.92 Å². The van der Waals surface area contributed by atoms with Crippen LogP contribution in [0.5, 0.6) is 6.01 Å². The number of nitrogens with one attached hydrogen (secondary N) is 3. The Labute approximate surface area is 203 Å². The molecule has 0 aliphatic carbocycles. The van der Waals surface area contributed by atoms with Crippen LogP contribution in [0.3, 0.4) is 0 Å². The third kappa shape index (κ3) is 4.83. The zero-order chi connectivity index (χ0) is 23.6. The van der Waals surface area contributed by atoms with E-state index in [4.69, 9.17) is 13.6 Å². The highest BCUT2D eigenvalue weighted by Gasteiger charge is 2.18. The number of halogens is 2. The molecule has 168 valence electrons. The van der Waals surface area contributed by atoms with E-state index in [1.54, 1.807) is 53.3 Å². The van der Waals surface area contributed by atoms with E-state index in [-0.39, 0.29) is 21.7 Å². The normalized spacial score (nSPS) is 12.7. The van der Waals surface area contributed by atoms with E-state index in [0.29, 0.717) is 16.9 Å². The summed E-state index contributed by atoms with van der Waals surface area (Å²) in [4.78, 5) is 19.5. The molecule has 1 aromatic heterocycles. The Kier molecular flexibility index (Phi) is 6.33. The Morgan fingerprint density at radius 3 is 2.39 bits per heavy atom. The van der Waals surface area contributed by atoms with Crippen LogP contribution in [0.4, 0.5) is 15.8 Å². The van der Waals surface area contributed by atoms with Gasteiger partial charge in [0.15, 0.2) is 23.0 Å². The largest absolute Gasteiger partial charge is 0.397 e. The Morgan fingerprint density at radius 1 is 1.09 bits per heavy atom. The Balaban J connectivity index is 1.54. The molecule has 8 nitrogen and oxygen atoms in total. The summed E-state index contributed by atoms with van der Waals surface area (Å²) >= 11 is 1.62. The molecular weight excluding hydrogens is 560 g/mol. The molecule has 3 aromatic carbocycles. The second-order valence-corrected chi connectivity index (χ2v) is 9.44. The maximum atomic E-state index is 13.2. The van der Waals surface area contributed by atoms with Crippen LogP contribution in [-0.4, -0.2) is 20.1 Å². The summed E-state index contributed by atoms with van der Waals surface area (Å²) in [5.41, 5.74) is 8.62. The second kappa shape index (κ2) is 9.19. The first-order valence-corrected chi connectivity index (χ1v) is 11.9. The predicted octanol–water partition coefficient (Wildman–Crippen LogP) is 5.24. The molecule has 0 bridgehead atoms. The van der Waals surface area contributed by atoms with Gasteiger partial charge in [-0.15, -0.1) is 0 Å². The number of aromatic nitrogens is 2. The first-order chi connectivity index (χ1) is 15.8. The molecule has 1 heterocycles. The number of rotatable bonds is 6. The number of carbonyl (C=O) groups excluding carboxylic acids is 1. The van der Waals surface area contributed by atoms with Gasteiger partial charge in [-0.3, -0.25) is 9.78 Å². The number of amides is 1. The lowest BCUT2D eigenvalue weighted by Crippen LogP contribution is -2.13. The Hall–Kier alpha value is -3.45. The van der Waals surface area contributed by atoms with E-state index >= 15 is 0 Å². The molecule has 1 amide bonds. The van der Waals surface area contributed by atoms with E-state index in [0.717, 1.165) is 11.1 Å². The fourth-order valence-electron chi connectivity index (χ4n) is 3.08. The maximum Gasteiger partial charge on any atom is 0.304 e. The fourth-order valence-corrected chi connectivity index (χ4v) is 4.51. The van der Waals surface area contributed by atoms with Crippen molar-refractivity contribution < 1.29 is 16.5 Å². The summed E-state index contributed by atoms with van der Waals surface area (Å²) in [6.45, 7) is 0. The molecule has 11 heteroatoms. The van der Waals surface area contributed by atoms with Gasteiger partial charge in [-0.05, 0) is 59.7 Å². The molecule has 0 fully saturated rings. The van der Waals surface area contributed by atoms with Gasteiger partial charge < -0.3 is 14.1 Å². The quantitative estimate of drug-likeness (QED) is 0.184. The SMILES string of the molecule is N=S(=O)(c1ccc(C(=O)Nc2cc(-c3ccc(F)cc3)ccc2N)cc1)c1cnc(OI)[nH]1. The lowest BCUT2D eigenvalue weighted by atomic mass is 10.0. The molecule has 0 spiro atoms. The Morgan fingerprint density at radius 2 is 1.76 bits per heavy atom. The smallest absolute Gasteiger partial charge is 0.304 e. The van der Waals surface area contributed by atoms with Gasteiger partial charge in [0.25, 0.3) is 5.91 Å². The summed E-state index contributed by atoms with van der Waals surface area (Å²) < 4.78 is 39.3. The molecular formula is C22H17FIN5O3S. The lowest BCUT2D eigenvalue weighted by molar-refractivity contribution is 0.102. The first-order valence-electron chi connectivity index (χ1n) is 9.47. The maximum absolute atomic E-state index is 13.2. The number of carbonyl (C=O) groups is 1. The van der Waals surface area contributed by atoms with Crippen LogP contribution in [-0.2, 0) is 9.73 Å². The molecule has 4 aromatic rings. The van der Waals surface area contributed by atoms with Crippen LogP contribution in [0.25, 0.3) is 11.1 Å². The van der Waals surface area contributed by atoms with Crippen LogP contribution >= 0.6 is 23.0 Å². The van der Waals surface area contributed by atoms with Crippen LogP contribution in [0, 0.1) is 10.6 Å². The average molecular weight is 577 g/mol. The van der Waals surface area contributed by atoms with Crippen molar-refractivity contribution in [3.05, 3.63) is 84.3 Å². The predicted molar refractivity (Wildman–Crippen MR) is 131 cm³/mol. The topological polar surface area (TPSA) is 134 Å².